The minimum absolute atomic E-state index is 0.0495. The van der Waals surface area contributed by atoms with Gasteiger partial charge in [0.05, 0.1) is 12.0 Å². The Morgan fingerprint density at radius 2 is 1.93 bits per heavy atom. The van der Waals surface area contributed by atoms with Gasteiger partial charge in [0.2, 0.25) is 15.9 Å². The minimum Gasteiger partial charge on any atom is -0.497 e. The summed E-state index contributed by atoms with van der Waals surface area (Å²) >= 11 is 0. The number of piperidine rings is 1. The van der Waals surface area contributed by atoms with E-state index >= 15 is 0 Å². The van der Waals surface area contributed by atoms with E-state index in [0.29, 0.717) is 32.1 Å². The lowest BCUT2D eigenvalue weighted by atomic mass is 9.94. The molecule has 2 heterocycles. The first kappa shape index (κ1) is 20.1. The maximum Gasteiger partial charge on any atom is 0.240 e. The molecule has 3 rings (SSSR count). The van der Waals surface area contributed by atoms with Crippen molar-refractivity contribution in [2.75, 3.05) is 40.0 Å². The molecular formula is C19H28N2O5S. The molecule has 7 nitrogen and oxygen atoms in total. The number of amides is 1. The lowest BCUT2D eigenvalue weighted by Crippen LogP contribution is -2.46. The number of hydrogen-bond donors (Lipinski definition) is 1. The third-order valence-corrected chi connectivity index (χ3v) is 6.77. The average molecular weight is 397 g/mol. The van der Waals surface area contributed by atoms with Gasteiger partial charge < -0.3 is 14.4 Å². The van der Waals surface area contributed by atoms with Crippen LogP contribution >= 0.6 is 0 Å². The molecule has 2 aliphatic rings. The van der Waals surface area contributed by atoms with Crippen molar-refractivity contribution < 1.29 is 22.7 Å². The Bertz CT molecular complexity index is 729. The zero-order valence-electron chi connectivity index (χ0n) is 15.7. The monoisotopic (exact) mass is 396 g/mol. The Balaban J connectivity index is 1.54. The smallest absolute Gasteiger partial charge is 0.240 e. The predicted molar refractivity (Wildman–Crippen MR) is 101 cm³/mol. The number of sulfonamides is 1. The van der Waals surface area contributed by atoms with Gasteiger partial charge in [0, 0.05) is 38.8 Å². The second kappa shape index (κ2) is 9.03. The minimum atomic E-state index is -3.57. The van der Waals surface area contributed by atoms with Crippen LogP contribution in [0.3, 0.4) is 0 Å². The van der Waals surface area contributed by atoms with Gasteiger partial charge in [0.15, 0.2) is 0 Å². The van der Waals surface area contributed by atoms with Crippen LogP contribution in [-0.2, 0) is 19.6 Å². The summed E-state index contributed by atoms with van der Waals surface area (Å²) in [6.45, 7) is 3.01. The molecule has 0 aromatic heterocycles. The van der Waals surface area contributed by atoms with E-state index in [-0.39, 0.29) is 22.6 Å². The Kier molecular flexibility index (Phi) is 6.73. The second-order valence-electron chi connectivity index (χ2n) is 7.21. The van der Waals surface area contributed by atoms with E-state index in [4.69, 9.17) is 9.47 Å². The van der Waals surface area contributed by atoms with Crippen molar-refractivity contribution in [1.82, 2.24) is 9.62 Å². The second-order valence-corrected chi connectivity index (χ2v) is 8.97. The fraction of sp³-hybridized carbons (Fsp3) is 0.632. The van der Waals surface area contributed by atoms with E-state index in [2.05, 4.69) is 4.72 Å². The SMILES string of the molecule is COc1ccc(S(=O)(=O)NC[C@H]2CCCN(C(=O)C3CCOCC3)C2)cc1. The van der Waals surface area contributed by atoms with Gasteiger partial charge in [-0.3, -0.25) is 4.79 Å². The maximum atomic E-state index is 12.7. The fourth-order valence-electron chi connectivity index (χ4n) is 3.70. The van der Waals surface area contributed by atoms with Crippen molar-refractivity contribution in [2.24, 2.45) is 11.8 Å². The molecule has 1 N–H and O–H groups in total. The lowest BCUT2D eigenvalue weighted by Gasteiger charge is -2.36. The average Bonchev–Trinajstić information content (AvgIpc) is 2.72. The fourth-order valence-corrected chi connectivity index (χ4v) is 4.82. The molecule has 2 fully saturated rings. The quantitative estimate of drug-likeness (QED) is 0.790. The van der Waals surface area contributed by atoms with Crippen molar-refractivity contribution in [3.63, 3.8) is 0 Å². The molecule has 0 unspecified atom stereocenters. The lowest BCUT2D eigenvalue weighted by molar-refractivity contribution is -0.140. The number of nitrogens with zero attached hydrogens (tertiary/aromatic N) is 1. The van der Waals surface area contributed by atoms with E-state index < -0.39 is 10.0 Å². The Morgan fingerprint density at radius 3 is 2.59 bits per heavy atom. The third-order valence-electron chi connectivity index (χ3n) is 5.33. The Labute approximate surface area is 161 Å². The summed E-state index contributed by atoms with van der Waals surface area (Å²) in [6, 6.07) is 6.32. The van der Waals surface area contributed by atoms with E-state index in [1.165, 1.54) is 19.2 Å². The van der Waals surface area contributed by atoms with E-state index in [9.17, 15) is 13.2 Å². The number of benzene rings is 1. The van der Waals surface area contributed by atoms with Gasteiger partial charge in [-0.2, -0.15) is 0 Å². The molecule has 8 heteroatoms. The molecule has 1 aromatic rings. The van der Waals surface area contributed by atoms with Gasteiger partial charge in [0.25, 0.3) is 0 Å². The van der Waals surface area contributed by atoms with Crippen molar-refractivity contribution in [1.29, 1.82) is 0 Å². The molecule has 1 amide bonds. The first-order chi connectivity index (χ1) is 13.0. The molecule has 0 saturated carbocycles. The Hall–Kier alpha value is -1.64. The summed E-state index contributed by atoms with van der Waals surface area (Å²) in [7, 11) is -2.03. The number of nitrogens with one attached hydrogen (secondary N) is 1. The third kappa shape index (κ3) is 5.21. The van der Waals surface area contributed by atoms with Crippen molar-refractivity contribution in [3.8, 4) is 5.75 Å². The number of likely N-dealkylation sites (tertiary alicyclic amines) is 1. The first-order valence-corrected chi connectivity index (χ1v) is 11.0. The number of hydrogen-bond acceptors (Lipinski definition) is 5. The summed E-state index contributed by atoms with van der Waals surface area (Å²) < 4.78 is 38.1. The zero-order chi connectivity index (χ0) is 19.3. The van der Waals surface area contributed by atoms with Crippen LogP contribution in [0.1, 0.15) is 25.7 Å². The van der Waals surface area contributed by atoms with Crippen LogP contribution in [0.4, 0.5) is 0 Å². The van der Waals surface area contributed by atoms with Crippen LogP contribution in [0.25, 0.3) is 0 Å². The highest BCUT2D eigenvalue weighted by atomic mass is 32.2. The number of methoxy groups -OCH3 is 1. The highest BCUT2D eigenvalue weighted by Gasteiger charge is 2.30. The van der Waals surface area contributed by atoms with Gasteiger partial charge >= 0.3 is 0 Å². The van der Waals surface area contributed by atoms with E-state index in [1.54, 1.807) is 12.1 Å². The molecule has 0 spiro atoms. The molecule has 2 aliphatic heterocycles. The molecule has 2 saturated heterocycles. The molecule has 1 atom stereocenters. The van der Waals surface area contributed by atoms with Crippen LogP contribution in [-0.4, -0.2) is 59.2 Å². The van der Waals surface area contributed by atoms with Gasteiger partial charge in [-0.15, -0.1) is 0 Å². The maximum absolute atomic E-state index is 12.7. The molecule has 0 radical (unpaired) electrons. The number of ether oxygens (including phenoxy) is 2. The Morgan fingerprint density at radius 1 is 1.22 bits per heavy atom. The van der Waals surface area contributed by atoms with Crippen molar-refractivity contribution in [2.45, 2.75) is 30.6 Å². The van der Waals surface area contributed by atoms with Crippen LogP contribution < -0.4 is 9.46 Å². The summed E-state index contributed by atoms with van der Waals surface area (Å²) in [5.41, 5.74) is 0. The molecule has 0 bridgehead atoms. The molecular weight excluding hydrogens is 368 g/mol. The largest absolute Gasteiger partial charge is 0.497 e. The zero-order valence-corrected chi connectivity index (χ0v) is 16.5. The molecule has 27 heavy (non-hydrogen) atoms. The topological polar surface area (TPSA) is 84.9 Å². The summed E-state index contributed by atoms with van der Waals surface area (Å²) in [6.07, 6.45) is 3.39. The number of rotatable bonds is 6. The van der Waals surface area contributed by atoms with Crippen LogP contribution in [0, 0.1) is 11.8 Å². The van der Waals surface area contributed by atoms with E-state index in [0.717, 1.165) is 32.2 Å². The van der Waals surface area contributed by atoms with Crippen LogP contribution in [0.15, 0.2) is 29.2 Å². The van der Waals surface area contributed by atoms with Crippen molar-refractivity contribution in [3.05, 3.63) is 24.3 Å². The van der Waals surface area contributed by atoms with Gasteiger partial charge in [-0.05, 0) is 55.9 Å². The van der Waals surface area contributed by atoms with Crippen molar-refractivity contribution >= 4 is 15.9 Å². The summed E-state index contributed by atoms with van der Waals surface area (Å²) in [5.74, 6) is 0.994. The predicted octanol–water partition coefficient (Wildman–Crippen LogP) is 1.64. The summed E-state index contributed by atoms with van der Waals surface area (Å²) in [5, 5.41) is 0. The molecule has 0 aliphatic carbocycles. The van der Waals surface area contributed by atoms with Crippen LogP contribution in [0.2, 0.25) is 0 Å². The highest BCUT2D eigenvalue weighted by molar-refractivity contribution is 7.89. The standard InChI is InChI=1S/C19H28N2O5S/c1-25-17-4-6-18(7-5-17)27(23,24)20-13-15-3-2-10-21(14-15)19(22)16-8-11-26-12-9-16/h4-7,15-16,20H,2-3,8-14H2,1H3/t15-/m1/s1. The first-order valence-electron chi connectivity index (χ1n) is 9.50. The number of carbonyl (C=O) groups excluding carboxylic acids is 1. The van der Waals surface area contributed by atoms with Gasteiger partial charge in [0.1, 0.15) is 5.75 Å². The van der Waals surface area contributed by atoms with E-state index in [1.807, 2.05) is 4.90 Å². The van der Waals surface area contributed by atoms with Crippen LogP contribution in [0.5, 0.6) is 5.75 Å². The summed E-state index contributed by atoms with van der Waals surface area (Å²) in [4.78, 5) is 14.8. The van der Waals surface area contributed by atoms with Gasteiger partial charge in [-0.1, -0.05) is 0 Å². The molecule has 150 valence electrons. The molecule has 1 aromatic carbocycles. The number of carbonyl (C=O) groups is 1. The normalized spacial score (nSPS) is 21.8. The van der Waals surface area contributed by atoms with Gasteiger partial charge in [-0.25, -0.2) is 13.1 Å². The highest BCUT2D eigenvalue weighted by Crippen LogP contribution is 2.23.